The Morgan fingerprint density at radius 3 is 2.80 bits per heavy atom. The van der Waals surface area contributed by atoms with Gasteiger partial charge in [0.05, 0.1) is 18.8 Å². The van der Waals surface area contributed by atoms with Crippen molar-refractivity contribution in [1.29, 1.82) is 0 Å². The first-order valence-corrected chi connectivity index (χ1v) is 6.15. The van der Waals surface area contributed by atoms with Gasteiger partial charge in [0, 0.05) is 10.1 Å². The van der Waals surface area contributed by atoms with Gasteiger partial charge in [-0.1, -0.05) is 18.2 Å². The van der Waals surface area contributed by atoms with Crippen LogP contribution in [0.1, 0.15) is 13.3 Å². The number of hydrogen-bond donors (Lipinski definition) is 1. The maximum Gasteiger partial charge on any atom is 0.0932 e. The first-order valence-electron chi connectivity index (χ1n) is 5.27. The number of thioether (sulfide) groups is 1. The van der Waals surface area contributed by atoms with Gasteiger partial charge in [-0.25, -0.2) is 0 Å². The molecule has 1 aliphatic rings. The van der Waals surface area contributed by atoms with E-state index in [-0.39, 0.29) is 18.8 Å². The van der Waals surface area contributed by atoms with Crippen LogP contribution >= 0.6 is 11.8 Å². The minimum Gasteiger partial charge on any atom is -0.394 e. The Labute approximate surface area is 94.6 Å². The van der Waals surface area contributed by atoms with E-state index in [0.717, 1.165) is 6.42 Å². The molecule has 0 aromatic heterocycles. The molecule has 82 valence electrons. The van der Waals surface area contributed by atoms with Gasteiger partial charge in [-0.15, -0.1) is 11.8 Å². The van der Waals surface area contributed by atoms with Crippen molar-refractivity contribution in [2.45, 2.75) is 35.7 Å². The standard InChI is InChI=1S/C12H16O2S/c1-9-7-12(11(8-13)14-9)15-10-5-3-2-4-6-10/h2-6,9,11-13H,7-8H2,1H3/t9-,11+,12+/m0/s1. The predicted molar refractivity (Wildman–Crippen MR) is 62.1 cm³/mol. The Morgan fingerprint density at radius 1 is 1.40 bits per heavy atom. The highest BCUT2D eigenvalue weighted by molar-refractivity contribution is 8.00. The maximum atomic E-state index is 9.19. The van der Waals surface area contributed by atoms with Crippen molar-refractivity contribution in [3.8, 4) is 0 Å². The first-order chi connectivity index (χ1) is 7.29. The van der Waals surface area contributed by atoms with E-state index in [9.17, 15) is 5.11 Å². The van der Waals surface area contributed by atoms with Gasteiger partial charge in [0.1, 0.15) is 0 Å². The third kappa shape index (κ3) is 2.74. The van der Waals surface area contributed by atoms with Crippen molar-refractivity contribution >= 4 is 11.8 Å². The van der Waals surface area contributed by atoms with Gasteiger partial charge < -0.3 is 9.84 Å². The third-order valence-electron chi connectivity index (χ3n) is 2.60. The zero-order valence-electron chi connectivity index (χ0n) is 8.80. The zero-order valence-corrected chi connectivity index (χ0v) is 9.61. The predicted octanol–water partition coefficient (Wildman–Crippen LogP) is 2.32. The Bertz CT molecular complexity index is 302. The molecule has 3 atom stereocenters. The summed E-state index contributed by atoms with van der Waals surface area (Å²) in [7, 11) is 0. The Balaban J connectivity index is 2.00. The molecule has 1 aliphatic heterocycles. The minimum atomic E-state index is -0.00907. The van der Waals surface area contributed by atoms with Crippen LogP contribution in [-0.4, -0.2) is 29.2 Å². The largest absolute Gasteiger partial charge is 0.394 e. The van der Waals surface area contributed by atoms with E-state index in [1.165, 1.54) is 4.90 Å². The molecule has 0 saturated carbocycles. The van der Waals surface area contributed by atoms with E-state index < -0.39 is 0 Å². The van der Waals surface area contributed by atoms with Crippen LogP contribution in [0.5, 0.6) is 0 Å². The quantitative estimate of drug-likeness (QED) is 0.854. The van der Waals surface area contributed by atoms with Gasteiger partial charge in [-0.05, 0) is 25.5 Å². The molecule has 2 nitrogen and oxygen atoms in total. The first kappa shape index (κ1) is 11.0. The molecule has 1 saturated heterocycles. The summed E-state index contributed by atoms with van der Waals surface area (Å²) in [4.78, 5) is 1.25. The van der Waals surface area contributed by atoms with Gasteiger partial charge in [-0.3, -0.25) is 0 Å². The van der Waals surface area contributed by atoms with Crippen molar-refractivity contribution in [1.82, 2.24) is 0 Å². The average Bonchev–Trinajstić information content (AvgIpc) is 2.60. The van der Waals surface area contributed by atoms with Crippen LogP contribution < -0.4 is 0 Å². The molecule has 0 radical (unpaired) electrons. The number of aliphatic hydroxyl groups excluding tert-OH is 1. The highest BCUT2D eigenvalue weighted by Gasteiger charge is 2.32. The summed E-state index contributed by atoms with van der Waals surface area (Å²) in [5, 5.41) is 9.58. The second-order valence-corrected chi connectivity index (χ2v) is 5.19. The Kier molecular flexibility index (Phi) is 3.67. The van der Waals surface area contributed by atoms with Crippen molar-refractivity contribution in [3.63, 3.8) is 0 Å². The molecule has 0 unspecified atom stereocenters. The maximum absolute atomic E-state index is 9.19. The fourth-order valence-corrected chi connectivity index (χ4v) is 3.21. The summed E-state index contributed by atoms with van der Waals surface area (Å²) in [6, 6.07) is 10.3. The van der Waals surface area contributed by atoms with Crippen LogP contribution in [0.4, 0.5) is 0 Å². The van der Waals surface area contributed by atoms with Crippen LogP contribution in [0.15, 0.2) is 35.2 Å². The van der Waals surface area contributed by atoms with Crippen molar-refractivity contribution in [3.05, 3.63) is 30.3 Å². The molecule has 2 rings (SSSR count). The molecule has 0 spiro atoms. The summed E-state index contributed by atoms with van der Waals surface area (Å²) >= 11 is 1.80. The molecule has 1 aromatic rings. The highest BCUT2D eigenvalue weighted by Crippen LogP contribution is 2.34. The summed E-state index contributed by atoms with van der Waals surface area (Å²) in [6.07, 6.45) is 1.28. The van der Waals surface area contributed by atoms with Crippen molar-refractivity contribution in [2.75, 3.05) is 6.61 Å². The average molecular weight is 224 g/mol. The summed E-state index contributed by atoms with van der Waals surface area (Å²) in [5.74, 6) is 0. The van der Waals surface area contributed by atoms with Crippen LogP contribution in [0.2, 0.25) is 0 Å². The van der Waals surface area contributed by atoms with E-state index >= 15 is 0 Å². The normalized spacial score (nSPS) is 30.7. The van der Waals surface area contributed by atoms with Gasteiger partial charge in [-0.2, -0.15) is 0 Å². The highest BCUT2D eigenvalue weighted by atomic mass is 32.2. The molecule has 1 aromatic carbocycles. The lowest BCUT2D eigenvalue weighted by Crippen LogP contribution is -2.22. The number of benzene rings is 1. The molecule has 0 amide bonds. The van der Waals surface area contributed by atoms with Crippen LogP contribution in [0, 0.1) is 0 Å². The number of rotatable bonds is 3. The number of hydrogen-bond acceptors (Lipinski definition) is 3. The second kappa shape index (κ2) is 5.01. The Hall–Kier alpha value is -0.510. The summed E-state index contributed by atoms with van der Waals surface area (Å²) in [5.41, 5.74) is 0. The van der Waals surface area contributed by atoms with Crippen molar-refractivity contribution in [2.24, 2.45) is 0 Å². The third-order valence-corrected chi connectivity index (χ3v) is 3.94. The van der Waals surface area contributed by atoms with Crippen molar-refractivity contribution < 1.29 is 9.84 Å². The van der Waals surface area contributed by atoms with Crippen LogP contribution in [0.3, 0.4) is 0 Å². The lowest BCUT2D eigenvalue weighted by atomic mass is 10.2. The van der Waals surface area contributed by atoms with Gasteiger partial charge >= 0.3 is 0 Å². The number of aliphatic hydroxyl groups is 1. The zero-order chi connectivity index (χ0) is 10.7. The lowest BCUT2D eigenvalue weighted by Gasteiger charge is -2.15. The van der Waals surface area contributed by atoms with E-state index in [2.05, 4.69) is 19.1 Å². The molecule has 0 bridgehead atoms. The molecule has 1 fully saturated rings. The fraction of sp³-hybridized carbons (Fsp3) is 0.500. The molecule has 1 N–H and O–H groups in total. The van der Waals surface area contributed by atoms with E-state index in [1.54, 1.807) is 11.8 Å². The Morgan fingerprint density at radius 2 is 2.13 bits per heavy atom. The smallest absolute Gasteiger partial charge is 0.0932 e. The van der Waals surface area contributed by atoms with Gasteiger partial charge in [0.15, 0.2) is 0 Å². The molecular formula is C12H16O2S. The van der Waals surface area contributed by atoms with E-state index in [4.69, 9.17) is 4.74 Å². The SMILES string of the molecule is C[C@H]1C[C@@H](Sc2ccccc2)[C@@H](CO)O1. The monoisotopic (exact) mass is 224 g/mol. The molecule has 3 heteroatoms. The van der Waals surface area contributed by atoms with E-state index in [1.807, 2.05) is 18.2 Å². The summed E-state index contributed by atoms with van der Waals surface area (Å²) < 4.78 is 5.62. The topological polar surface area (TPSA) is 29.5 Å². The molecule has 15 heavy (non-hydrogen) atoms. The molecular weight excluding hydrogens is 208 g/mol. The number of ether oxygens (including phenoxy) is 1. The fourth-order valence-electron chi connectivity index (χ4n) is 1.88. The van der Waals surface area contributed by atoms with Crippen LogP contribution in [-0.2, 0) is 4.74 Å². The minimum absolute atomic E-state index is 0.00907. The molecule has 0 aliphatic carbocycles. The van der Waals surface area contributed by atoms with Gasteiger partial charge in [0.2, 0.25) is 0 Å². The lowest BCUT2D eigenvalue weighted by molar-refractivity contribution is 0.0212. The second-order valence-electron chi connectivity index (χ2n) is 3.87. The van der Waals surface area contributed by atoms with E-state index in [0.29, 0.717) is 5.25 Å². The van der Waals surface area contributed by atoms with Gasteiger partial charge in [0.25, 0.3) is 0 Å². The molecule has 1 heterocycles. The van der Waals surface area contributed by atoms with Crippen LogP contribution in [0.25, 0.3) is 0 Å². The summed E-state index contributed by atoms with van der Waals surface area (Å²) in [6.45, 7) is 2.18.